The molecule has 0 aromatic heterocycles. The Hall–Kier alpha value is -4.02. The smallest absolute Gasteiger partial charge is 0.398 e. The molecule has 1 saturated carbocycles. The van der Waals surface area contributed by atoms with E-state index in [0.29, 0.717) is 5.92 Å². The fourth-order valence-corrected chi connectivity index (χ4v) is 5.67. The lowest BCUT2D eigenvalue weighted by molar-refractivity contribution is -0.180. The predicted octanol–water partition coefficient (Wildman–Crippen LogP) is 11.0. The molecular weight excluding hydrogens is 614 g/mol. The summed E-state index contributed by atoms with van der Waals surface area (Å²) >= 11 is 0. The van der Waals surface area contributed by atoms with Crippen LogP contribution in [0, 0.1) is 52.5 Å². The molecule has 238 valence electrons. The van der Waals surface area contributed by atoms with Crippen molar-refractivity contribution in [2.75, 3.05) is 0 Å². The van der Waals surface area contributed by atoms with Crippen LogP contribution in [0.15, 0.2) is 54.6 Å². The highest BCUT2D eigenvalue weighted by Gasteiger charge is 2.33. The second-order valence-electron chi connectivity index (χ2n) is 11.3. The van der Waals surface area contributed by atoms with Crippen LogP contribution in [-0.4, -0.2) is 6.11 Å². The maximum absolute atomic E-state index is 15.2. The molecule has 4 aromatic rings. The number of alkyl halides is 2. The van der Waals surface area contributed by atoms with Crippen LogP contribution >= 0.6 is 0 Å². The summed E-state index contributed by atoms with van der Waals surface area (Å²) in [7, 11) is 0. The SMILES string of the molecule is CC1CCC(c2ccc(-c3ccc(-c4cc(F)c(CCC(F)(F)Oc5cc(F)c(F)c(F)c5)c(F)c4)c(F)c3)c(F)c2F)CC1. The van der Waals surface area contributed by atoms with Crippen molar-refractivity contribution in [1.82, 2.24) is 0 Å². The van der Waals surface area contributed by atoms with Crippen molar-refractivity contribution < 1.29 is 48.6 Å². The van der Waals surface area contributed by atoms with Crippen molar-refractivity contribution in [3.05, 3.63) is 112 Å². The van der Waals surface area contributed by atoms with Gasteiger partial charge in [0.05, 0.1) is 6.42 Å². The van der Waals surface area contributed by atoms with Crippen LogP contribution in [0.25, 0.3) is 22.3 Å². The molecule has 11 heteroatoms. The lowest BCUT2D eigenvalue weighted by atomic mass is 9.79. The van der Waals surface area contributed by atoms with Gasteiger partial charge in [-0.1, -0.05) is 44.0 Å². The van der Waals surface area contributed by atoms with E-state index in [1.54, 1.807) is 0 Å². The summed E-state index contributed by atoms with van der Waals surface area (Å²) in [6.07, 6.45) is -3.12. The normalized spacial score (nSPS) is 17.0. The molecule has 0 spiro atoms. The van der Waals surface area contributed by atoms with E-state index < -0.39 is 76.8 Å². The maximum Gasteiger partial charge on any atom is 0.398 e. The average molecular weight is 641 g/mol. The summed E-state index contributed by atoms with van der Waals surface area (Å²) in [5.74, 6) is -11.8. The van der Waals surface area contributed by atoms with Gasteiger partial charge in [-0.15, -0.1) is 0 Å². The summed E-state index contributed by atoms with van der Waals surface area (Å²) in [5.41, 5.74) is -1.28. The third-order valence-corrected chi connectivity index (χ3v) is 8.19. The van der Waals surface area contributed by atoms with Crippen LogP contribution in [0.4, 0.5) is 43.9 Å². The third kappa shape index (κ3) is 6.97. The topological polar surface area (TPSA) is 9.23 Å². The van der Waals surface area contributed by atoms with Gasteiger partial charge in [-0.2, -0.15) is 8.78 Å². The van der Waals surface area contributed by atoms with Crippen LogP contribution in [0.3, 0.4) is 0 Å². The van der Waals surface area contributed by atoms with Crippen LogP contribution in [0.2, 0.25) is 0 Å². The van der Waals surface area contributed by atoms with Gasteiger partial charge in [0.2, 0.25) is 0 Å². The van der Waals surface area contributed by atoms with Gasteiger partial charge in [0, 0.05) is 28.8 Å². The highest BCUT2D eigenvalue weighted by molar-refractivity contribution is 5.72. The lowest BCUT2D eigenvalue weighted by Gasteiger charge is -2.27. The molecule has 1 nitrogen and oxygen atoms in total. The second kappa shape index (κ2) is 12.8. The van der Waals surface area contributed by atoms with E-state index in [4.69, 9.17) is 0 Å². The standard InChI is InChI=1S/C34H26F10O/c1-17-2-4-18(5-3-17)23-8-9-24(32(41)31(23)40)19-6-7-22(26(35)12-19)20-13-27(36)25(28(37)14-20)10-11-34(43,44)45-21-15-29(38)33(42)30(39)16-21/h6-9,12-18H,2-5,10-11H2,1H3. The molecular formula is C34H26F10O. The molecule has 0 aliphatic heterocycles. The first-order valence-electron chi connectivity index (χ1n) is 14.2. The van der Waals surface area contributed by atoms with Gasteiger partial charge < -0.3 is 4.74 Å². The number of halogens is 10. The molecule has 45 heavy (non-hydrogen) atoms. The van der Waals surface area contributed by atoms with Crippen LogP contribution in [0.1, 0.15) is 56.1 Å². The zero-order chi connectivity index (χ0) is 32.6. The first-order chi connectivity index (χ1) is 21.2. The first-order valence-corrected chi connectivity index (χ1v) is 14.2. The van der Waals surface area contributed by atoms with Gasteiger partial charge in [-0.25, -0.2) is 35.1 Å². The van der Waals surface area contributed by atoms with Gasteiger partial charge in [0.15, 0.2) is 29.1 Å². The Kier molecular flexibility index (Phi) is 9.19. The van der Waals surface area contributed by atoms with Crippen molar-refractivity contribution in [2.24, 2.45) is 5.92 Å². The van der Waals surface area contributed by atoms with Crippen molar-refractivity contribution >= 4 is 0 Å². The van der Waals surface area contributed by atoms with E-state index in [2.05, 4.69) is 11.7 Å². The van der Waals surface area contributed by atoms with E-state index in [1.807, 2.05) is 0 Å². The minimum Gasteiger partial charge on any atom is -0.432 e. The first kappa shape index (κ1) is 32.4. The Morgan fingerprint density at radius 1 is 0.622 bits per heavy atom. The Labute approximate surface area is 252 Å². The van der Waals surface area contributed by atoms with Crippen LogP contribution in [-0.2, 0) is 6.42 Å². The summed E-state index contributed by atoms with van der Waals surface area (Å²) in [4.78, 5) is 0. The Morgan fingerprint density at radius 3 is 1.80 bits per heavy atom. The highest BCUT2D eigenvalue weighted by atomic mass is 19.3. The Morgan fingerprint density at radius 2 is 1.20 bits per heavy atom. The van der Waals surface area contributed by atoms with E-state index >= 15 is 13.2 Å². The van der Waals surface area contributed by atoms with E-state index in [1.165, 1.54) is 18.2 Å². The third-order valence-electron chi connectivity index (χ3n) is 8.19. The molecule has 1 aliphatic rings. The summed E-state index contributed by atoms with van der Waals surface area (Å²) in [6, 6.07) is 8.00. The largest absolute Gasteiger partial charge is 0.432 e. The molecule has 0 heterocycles. The molecule has 0 N–H and O–H groups in total. The Balaban J connectivity index is 1.32. The van der Waals surface area contributed by atoms with Crippen LogP contribution in [0.5, 0.6) is 5.75 Å². The molecule has 0 amide bonds. The van der Waals surface area contributed by atoms with Gasteiger partial charge in [0.1, 0.15) is 23.2 Å². The monoisotopic (exact) mass is 640 g/mol. The minimum atomic E-state index is -4.15. The van der Waals surface area contributed by atoms with Gasteiger partial charge >= 0.3 is 6.11 Å². The van der Waals surface area contributed by atoms with Crippen molar-refractivity contribution in [1.29, 1.82) is 0 Å². The van der Waals surface area contributed by atoms with Crippen LogP contribution < -0.4 is 4.74 Å². The zero-order valence-corrected chi connectivity index (χ0v) is 23.8. The minimum absolute atomic E-state index is 0.00261. The highest BCUT2D eigenvalue weighted by Crippen LogP contribution is 2.39. The second-order valence-corrected chi connectivity index (χ2v) is 11.3. The predicted molar refractivity (Wildman–Crippen MR) is 148 cm³/mol. The van der Waals surface area contributed by atoms with Gasteiger partial charge in [-0.05, 0) is 66.0 Å². The van der Waals surface area contributed by atoms with E-state index in [9.17, 15) is 30.7 Å². The number of hydrogen-bond acceptors (Lipinski definition) is 1. The molecule has 0 bridgehead atoms. The summed E-state index contributed by atoms with van der Waals surface area (Å²) in [6.45, 7) is 2.11. The molecule has 4 aromatic carbocycles. The molecule has 0 atom stereocenters. The van der Waals surface area contributed by atoms with Gasteiger partial charge in [-0.3, -0.25) is 0 Å². The number of rotatable bonds is 8. The summed E-state index contributed by atoms with van der Waals surface area (Å²) in [5, 5.41) is 0. The molecule has 0 radical (unpaired) electrons. The fraction of sp³-hybridized carbons (Fsp3) is 0.294. The number of hydrogen-bond donors (Lipinski definition) is 0. The fourth-order valence-electron chi connectivity index (χ4n) is 5.67. The summed E-state index contributed by atoms with van der Waals surface area (Å²) < 4.78 is 147. The maximum atomic E-state index is 15.2. The van der Waals surface area contributed by atoms with Gasteiger partial charge in [0.25, 0.3) is 0 Å². The Bertz CT molecular complexity index is 1680. The molecule has 1 aliphatic carbocycles. The number of benzene rings is 4. The molecule has 5 rings (SSSR count). The van der Waals surface area contributed by atoms with Crippen molar-refractivity contribution in [3.8, 4) is 28.0 Å². The zero-order valence-electron chi connectivity index (χ0n) is 23.8. The molecule has 0 saturated heterocycles. The number of ether oxygens (including phenoxy) is 1. The molecule has 0 unspecified atom stereocenters. The quantitative estimate of drug-likeness (QED) is 0.138. The van der Waals surface area contributed by atoms with E-state index in [0.717, 1.165) is 49.9 Å². The van der Waals surface area contributed by atoms with Crippen molar-refractivity contribution in [2.45, 2.75) is 57.5 Å². The van der Waals surface area contributed by atoms with Crippen molar-refractivity contribution in [3.63, 3.8) is 0 Å². The van der Waals surface area contributed by atoms with E-state index in [-0.39, 0.29) is 45.9 Å². The average Bonchev–Trinajstić information content (AvgIpc) is 2.97. The lowest BCUT2D eigenvalue weighted by Crippen LogP contribution is -2.26. The molecule has 1 fully saturated rings.